The van der Waals surface area contributed by atoms with Gasteiger partial charge in [-0.2, -0.15) is 8.42 Å². The number of carbonyl (C=O) groups excluding carboxylic acids is 2. The molecule has 0 bridgehead atoms. The third-order valence-electron chi connectivity index (χ3n) is 3.34. The maximum Gasteiger partial charge on any atom is 0.302 e. The van der Waals surface area contributed by atoms with E-state index < -0.39 is 39.8 Å². The lowest BCUT2D eigenvalue weighted by Crippen LogP contribution is -2.38. The van der Waals surface area contributed by atoms with Crippen LogP contribution < -0.4 is 0 Å². The van der Waals surface area contributed by atoms with Crippen molar-refractivity contribution in [3.63, 3.8) is 0 Å². The van der Waals surface area contributed by atoms with Gasteiger partial charge in [-0.3, -0.25) is 14.1 Å². The summed E-state index contributed by atoms with van der Waals surface area (Å²) >= 11 is 0. The summed E-state index contributed by atoms with van der Waals surface area (Å²) in [4.78, 5) is 22.6. The van der Waals surface area contributed by atoms with Crippen LogP contribution in [0.25, 0.3) is 0 Å². The molecule has 3 unspecified atom stereocenters. The van der Waals surface area contributed by atoms with Crippen LogP contribution in [0.1, 0.15) is 26.2 Å². The second-order valence-corrected chi connectivity index (χ2v) is 6.29. The molecule has 1 fully saturated rings. The number of esters is 1. The maximum absolute atomic E-state index is 11.8. The third kappa shape index (κ3) is 4.26. The van der Waals surface area contributed by atoms with Gasteiger partial charge in [0, 0.05) is 31.8 Å². The number of aliphatic hydroxyl groups excluding tert-OH is 1. The van der Waals surface area contributed by atoms with Crippen molar-refractivity contribution < 1.29 is 32.4 Å². The molecule has 1 rings (SSSR count). The van der Waals surface area contributed by atoms with E-state index in [4.69, 9.17) is 9.84 Å². The van der Waals surface area contributed by atoms with Gasteiger partial charge in [0.15, 0.2) is 0 Å². The van der Waals surface area contributed by atoms with Crippen molar-refractivity contribution >= 4 is 21.9 Å². The molecule has 0 heterocycles. The maximum atomic E-state index is 11.8. The van der Waals surface area contributed by atoms with Gasteiger partial charge < -0.3 is 9.84 Å². The normalized spacial score (nSPS) is 25.3. The van der Waals surface area contributed by atoms with Crippen LogP contribution in [0.3, 0.4) is 0 Å². The van der Waals surface area contributed by atoms with Crippen LogP contribution in [0.15, 0.2) is 0 Å². The molecule has 110 valence electrons. The Balaban J connectivity index is 2.90. The highest BCUT2D eigenvalue weighted by Crippen LogP contribution is 2.35. The number of carbonyl (C=O) groups is 2. The van der Waals surface area contributed by atoms with Gasteiger partial charge in [0.25, 0.3) is 10.1 Å². The fraction of sp³-hybridized carbons (Fsp3) is 0.818. The summed E-state index contributed by atoms with van der Waals surface area (Å²) in [6, 6.07) is 0. The molecule has 0 aliphatic heterocycles. The monoisotopic (exact) mass is 294 g/mol. The molecule has 0 aromatic heterocycles. The lowest BCUT2D eigenvalue weighted by atomic mass is 9.91. The van der Waals surface area contributed by atoms with Crippen molar-refractivity contribution in [3.8, 4) is 0 Å². The van der Waals surface area contributed by atoms with Gasteiger partial charge in [0.2, 0.25) is 0 Å². The predicted octanol–water partition coefficient (Wildman–Crippen LogP) is -0.216. The molecule has 0 amide bonds. The third-order valence-corrected chi connectivity index (χ3v) is 4.63. The van der Waals surface area contributed by atoms with Gasteiger partial charge in [-0.05, 0) is 12.8 Å². The zero-order valence-corrected chi connectivity index (χ0v) is 11.4. The first-order chi connectivity index (χ1) is 8.77. The van der Waals surface area contributed by atoms with Crippen LogP contribution >= 0.6 is 0 Å². The van der Waals surface area contributed by atoms with Gasteiger partial charge in [0.1, 0.15) is 5.78 Å². The molecular formula is C11H18O7S. The van der Waals surface area contributed by atoms with Crippen LogP contribution in [0.4, 0.5) is 0 Å². The Hall–Kier alpha value is -0.990. The first kappa shape index (κ1) is 16.1. The van der Waals surface area contributed by atoms with E-state index in [-0.39, 0.29) is 25.2 Å². The summed E-state index contributed by atoms with van der Waals surface area (Å²) in [7, 11) is -4.44. The highest BCUT2D eigenvalue weighted by molar-refractivity contribution is 7.86. The van der Waals surface area contributed by atoms with Crippen molar-refractivity contribution in [3.05, 3.63) is 0 Å². The molecule has 1 saturated carbocycles. The standard InChI is InChI=1S/C11H18O7S/c1-7(13)18-6-8-2-3-9(14)11(8)10(4-5-12)19(15,16)17/h8,10-12H,2-6H2,1H3,(H,15,16,17). The summed E-state index contributed by atoms with van der Waals surface area (Å²) in [5, 5.41) is 7.54. The van der Waals surface area contributed by atoms with Gasteiger partial charge in [-0.25, -0.2) is 0 Å². The quantitative estimate of drug-likeness (QED) is 0.513. The van der Waals surface area contributed by atoms with E-state index >= 15 is 0 Å². The summed E-state index contributed by atoms with van der Waals surface area (Å²) in [6.07, 6.45) is 0.383. The molecule has 0 saturated heterocycles. The van der Waals surface area contributed by atoms with E-state index in [0.29, 0.717) is 6.42 Å². The van der Waals surface area contributed by atoms with Gasteiger partial charge in [-0.15, -0.1) is 0 Å². The molecule has 7 nitrogen and oxygen atoms in total. The largest absolute Gasteiger partial charge is 0.466 e. The molecule has 0 aromatic carbocycles. The zero-order valence-electron chi connectivity index (χ0n) is 10.6. The van der Waals surface area contributed by atoms with Crippen molar-refractivity contribution in [1.29, 1.82) is 0 Å². The minimum Gasteiger partial charge on any atom is -0.466 e. The molecular weight excluding hydrogens is 276 g/mol. The molecule has 0 spiro atoms. The number of hydrogen-bond donors (Lipinski definition) is 2. The Bertz CT molecular complexity index is 442. The number of Topliss-reactive ketones (excluding diaryl/α,β-unsaturated/α-hetero) is 1. The lowest BCUT2D eigenvalue weighted by Gasteiger charge is -2.24. The van der Waals surface area contributed by atoms with Crippen molar-refractivity contribution in [2.75, 3.05) is 13.2 Å². The molecule has 0 aromatic rings. The minimum atomic E-state index is -4.44. The van der Waals surface area contributed by atoms with E-state index in [0.717, 1.165) is 0 Å². The average molecular weight is 294 g/mol. The summed E-state index contributed by atoms with van der Waals surface area (Å²) in [6.45, 7) is 0.720. The predicted molar refractivity (Wildman–Crippen MR) is 64.9 cm³/mol. The fourth-order valence-corrected chi connectivity index (χ4v) is 3.65. The van der Waals surface area contributed by atoms with Crippen LogP contribution in [0.5, 0.6) is 0 Å². The second kappa shape index (κ2) is 6.44. The summed E-state index contributed by atoms with van der Waals surface area (Å²) in [5.74, 6) is -2.16. The topological polar surface area (TPSA) is 118 Å². The second-order valence-electron chi connectivity index (χ2n) is 4.66. The van der Waals surface area contributed by atoms with Crippen LogP contribution in [-0.4, -0.2) is 48.3 Å². The van der Waals surface area contributed by atoms with Gasteiger partial charge in [0.05, 0.1) is 11.9 Å². The Morgan fingerprint density at radius 2 is 2.16 bits per heavy atom. The molecule has 1 aliphatic carbocycles. The molecule has 0 radical (unpaired) electrons. The SMILES string of the molecule is CC(=O)OCC1CCC(=O)C1C(CCO)S(=O)(=O)O. The molecule has 1 aliphatic rings. The molecule has 2 N–H and O–H groups in total. The van der Waals surface area contributed by atoms with Gasteiger partial charge in [-0.1, -0.05) is 0 Å². The Kier molecular flexibility index (Phi) is 5.45. The van der Waals surface area contributed by atoms with Crippen molar-refractivity contribution in [2.45, 2.75) is 31.4 Å². The van der Waals surface area contributed by atoms with Gasteiger partial charge >= 0.3 is 5.97 Å². The van der Waals surface area contributed by atoms with Crippen molar-refractivity contribution in [2.24, 2.45) is 11.8 Å². The van der Waals surface area contributed by atoms with E-state index in [1.165, 1.54) is 6.92 Å². The molecule has 19 heavy (non-hydrogen) atoms. The number of ketones is 1. The highest BCUT2D eigenvalue weighted by atomic mass is 32.2. The smallest absolute Gasteiger partial charge is 0.302 e. The van der Waals surface area contributed by atoms with E-state index in [9.17, 15) is 22.6 Å². The Morgan fingerprint density at radius 1 is 1.53 bits per heavy atom. The number of hydrogen-bond acceptors (Lipinski definition) is 6. The number of rotatable bonds is 6. The fourth-order valence-electron chi connectivity index (χ4n) is 2.50. The van der Waals surface area contributed by atoms with E-state index in [2.05, 4.69) is 0 Å². The first-order valence-corrected chi connectivity index (χ1v) is 7.51. The molecule has 3 atom stereocenters. The van der Waals surface area contributed by atoms with Crippen LogP contribution in [0.2, 0.25) is 0 Å². The highest BCUT2D eigenvalue weighted by Gasteiger charge is 2.45. The summed E-state index contributed by atoms with van der Waals surface area (Å²) < 4.78 is 36.6. The average Bonchev–Trinajstić information content (AvgIpc) is 2.63. The van der Waals surface area contributed by atoms with E-state index in [1.54, 1.807) is 0 Å². The number of aliphatic hydroxyl groups is 1. The zero-order chi connectivity index (χ0) is 14.6. The number of ether oxygens (including phenoxy) is 1. The lowest BCUT2D eigenvalue weighted by molar-refractivity contribution is -0.143. The van der Waals surface area contributed by atoms with Crippen LogP contribution in [0, 0.1) is 11.8 Å². The summed E-state index contributed by atoms with van der Waals surface area (Å²) in [5.41, 5.74) is 0. The van der Waals surface area contributed by atoms with Crippen molar-refractivity contribution in [1.82, 2.24) is 0 Å². The van der Waals surface area contributed by atoms with Crippen LogP contribution in [-0.2, 0) is 24.4 Å². The molecule has 8 heteroatoms. The minimum absolute atomic E-state index is 0.0524. The van der Waals surface area contributed by atoms with E-state index in [1.807, 2.05) is 0 Å². The Morgan fingerprint density at radius 3 is 2.63 bits per heavy atom. The Labute approximate surface area is 111 Å². The first-order valence-electron chi connectivity index (χ1n) is 6.00.